The van der Waals surface area contributed by atoms with Gasteiger partial charge in [-0.05, 0) is 25.3 Å². The normalized spacial score (nSPS) is 13.7. The Labute approximate surface area is 124 Å². The quantitative estimate of drug-likeness (QED) is 0.777. The molecule has 0 saturated heterocycles. The monoisotopic (exact) mass is 291 g/mol. The minimum absolute atomic E-state index is 0.0301. The molecule has 21 heavy (non-hydrogen) atoms. The molecule has 0 radical (unpaired) electrons. The fourth-order valence-corrected chi connectivity index (χ4v) is 2.42. The van der Waals surface area contributed by atoms with Crippen LogP contribution in [0.3, 0.4) is 0 Å². The van der Waals surface area contributed by atoms with Crippen LogP contribution in [0.1, 0.15) is 35.2 Å². The van der Waals surface area contributed by atoms with E-state index in [4.69, 9.17) is 9.47 Å². The van der Waals surface area contributed by atoms with Gasteiger partial charge in [0.05, 0.1) is 0 Å². The lowest BCUT2D eigenvalue weighted by Gasteiger charge is -2.18. The number of ether oxygens (including phenoxy) is 2. The summed E-state index contributed by atoms with van der Waals surface area (Å²) in [5.74, 6) is 0.643. The number of amides is 1. The van der Waals surface area contributed by atoms with Gasteiger partial charge in [0.25, 0.3) is 5.91 Å². The highest BCUT2D eigenvalue weighted by molar-refractivity contribution is 5.99. The Morgan fingerprint density at radius 2 is 2.19 bits per heavy atom. The van der Waals surface area contributed by atoms with E-state index >= 15 is 0 Å². The summed E-state index contributed by atoms with van der Waals surface area (Å²) in [4.78, 5) is 23.5. The first-order valence-corrected chi connectivity index (χ1v) is 7.26. The van der Waals surface area contributed by atoms with Crippen molar-refractivity contribution in [3.63, 3.8) is 0 Å². The first kappa shape index (κ1) is 15.5. The van der Waals surface area contributed by atoms with Gasteiger partial charge in [-0.1, -0.05) is 12.1 Å². The number of hydrogen-bond donors (Lipinski definition) is 1. The molecule has 1 aliphatic carbocycles. The van der Waals surface area contributed by atoms with Gasteiger partial charge in [0.15, 0.2) is 12.4 Å². The number of carbonyl (C=O) groups excluding carboxylic acids is 2. The number of fused-ring (bicyclic) bond motifs is 1. The maximum absolute atomic E-state index is 11.8. The van der Waals surface area contributed by atoms with E-state index in [1.165, 1.54) is 0 Å². The van der Waals surface area contributed by atoms with E-state index in [0.717, 1.165) is 30.4 Å². The molecule has 1 amide bonds. The van der Waals surface area contributed by atoms with Crippen LogP contribution in [0, 0.1) is 0 Å². The number of Topliss-reactive ketones (excluding diaryl/α,β-unsaturated/α-hetero) is 1. The molecule has 0 saturated carbocycles. The summed E-state index contributed by atoms with van der Waals surface area (Å²) in [6.07, 6.45) is 3.04. The maximum atomic E-state index is 11.8. The van der Waals surface area contributed by atoms with E-state index in [0.29, 0.717) is 25.3 Å². The van der Waals surface area contributed by atoms with Crippen LogP contribution in [0.4, 0.5) is 0 Å². The van der Waals surface area contributed by atoms with Crippen LogP contribution >= 0.6 is 0 Å². The molecule has 5 nitrogen and oxygen atoms in total. The van der Waals surface area contributed by atoms with Crippen LogP contribution in [0.15, 0.2) is 18.2 Å². The number of benzene rings is 1. The summed E-state index contributed by atoms with van der Waals surface area (Å²) < 4.78 is 10.5. The van der Waals surface area contributed by atoms with Gasteiger partial charge in [0.1, 0.15) is 5.75 Å². The van der Waals surface area contributed by atoms with Gasteiger partial charge in [-0.2, -0.15) is 0 Å². The molecule has 0 atom stereocenters. The molecule has 0 fully saturated rings. The van der Waals surface area contributed by atoms with Gasteiger partial charge >= 0.3 is 0 Å². The molecule has 0 spiro atoms. The zero-order valence-electron chi connectivity index (χ0n) is 12.3. The lowest BCUT2D eigenvalue weighted by atomic mass is 9.90. The van der Waals surface area contributed by atoms with E-state index in [1.807, 2.05) is 12.1 Å². The van der Waals surface area contributed by atoms with Crippen molar-refractivity contribution in [3.05, 3.63) is 29.3 Å². The van der Waals surface area contributed by atoms with Gasteiger partial charge < -0.3 is 14.8 Å². The molecular weight excluding hydrogens is 270 g/mol. The molecule has 1 N–H and O–H groups in total. The van der Waals surface area contributed by atoms with E-state index in [2.05, 4.69) is 5.32 Å². The molecule has 5 heteroatoms. The van der Waals surface area contributed by atoms with Crippen LogP contribution < -0.4 is 10.1 Å². The first-order valence-electron chi connectivity index (χ1n) is 7.26. The van der Waals surface area contributed by atoms with E-state index in [-0.39, 0.29) is 18.3 Å². The standard InChI is InChI=1S/C16H21NO4/c1-20-10-4-9-17-16(19)11-21-15-8-3-5-12-13(15)6-2-7-14(12)18/h3,5,8H,2,4,6-7,9-11H2,1H3,(H,17,19). The summed E-state index contributed by atoms with van der Waals surface area (Å²) >= 11 is 0. The summed E-state index contributed by atoms with van der Waals surface area (Å²) in [7, 11) is 1.63. The molecule has 0 unspecified atom stereocenters. The van der Waals surface area contributed by atoms with E-state index in [9.17, 15) is 9.59 Å². The fraction of sp³-hybridized carbons (Fsp3) is 0.500. The number of nitrogens with one attached hydrogen (secondary N) is 1. The van der Waals surface area contributed by atoms with Crippen LogP contribution in [-0.2, 0) is 16.0 Å². The zero-order valence-corrected chi connectivity index (χ0v) is 12.3. The molecule has 2 rings (SSSR count). The Morgan fingerprint density at radius 3 is 3.00 bits per heavy atom. The molecule has 1 aromatic carbocycles. The highest BCUT2D eigenvalue weighted by Crippen LogP contribution is 2.29. The van der Waals surface area contributed by atoms with Crippen LogP contribution in [-0.4, -0.2) is 38.6 Å². The van der Waals surface area contributed by atoms with Crippen molar-refractivity contribution in [2.24, 2.45) is 0 Å². The van der Waals surface area contributed by atoms with Crippen molar-refractivity contribution in [2.75, 3.05) is 26.9 Å². The van der Waals surface area contributed by atoms with Crippen molar-refractivity contribution in [3.8, 4) is 5.75 Å². The Balaban J connectivity index is 1.87. The predicted molar refractivity (Wildman–Crippen MR) is 78.7 cm³/mol. The molecule has 0 aliphatic heterocycles. The van der Waals surface area contributed by atoms with Crippen molar-refractivity contribution < 1.29 is 19.1 Å². The minimum atomic E-state index is -0.161. The van der Waals surface area contributed by atoms with Gasteiger partial charge in [0.2, 0.25) is 0 Å². The third kappa shape index (κ3) is 4.29. The molecule has 0 bridgehead atoms. The Hall–Kier alpha value is -1.88. The Bertz CT molecular complexity index is 513. The van der Waals surface area contributed by atoms with E-state index < -0.39 is 0 Å². The van der Waals surface area contributed by atoms with Crippen LogP contribution in [0.5, 0.6) is 5.75 Å². The number of rotatable bonds is 7. The Morgan fingerprint density at radius 1 is 1.33 bits per heavy atom. The van der Waals surface area contributed by atoms with Crippen molar-refractivity contribution in [1.29, 1.82) is 0 Å². The third-order valence-corrected chi connectivity index (χ3v) is 3.47. The first-order chi connectivity index (χ1) is 10.2. The maximum Gasteiger partial charge on any atom is 0.257 e. The second kappa shape index (κ2) is 7.78. The van der Waals surface area contributed by atoms with Gasteiger partial charge in [-0.3, -0.25) is 9.59 Å². The number of carbonyl (C=O) groups is 2. The summed E-state index contributed by atoms with van der Waals surface area (Å²) in [5, 5.41) is 2.77. The topological polar surface area (TPSA) is 64.6 Å². The van der Waals surface area contributed by atoms with Crippen molar-refractivity contribution >= 4 is 11.7 Å². The minimum Gasteiger partial charge on any atom is -0.483 e. The number of ketones is 1. The molecular formula is C16H21NO4. The number of hydrogen-bond acceptors (Lipinski definition) is 4. The zero-order chi connectivity index (χ0) is 15.1. The van der Waals surface area contributed by atoms with E-state index in [1.54, 1.807) is 13.2 Å². The van der Waals surface area contributed by atoms with Crippen LogP contribution in [0.2, 0.25) is 0 Å². The second-order valence-electron chi connectivity index (χ2n) is 5.04. The van der Waals surface area contributed by atoms with Gasteiger partial charge in [-0.15, -0.1) is 0 Å². The Kier molecular flexibility index (Phi) is 5.75. The van der Waals surface area contributed by atoms with Crippen molar-refractivity contribution in [1.82, 2.24) is 5.32 Å². The van der Waals surface area contributed by atoms with Crippen molar-refractivity contribution in [2.45, 2.75) is 25.7 Å². The van der Waals surface area contributed by atoms with Crippen LogP contribution in [0.25, 0.3) is 0 Å². The lowest BCUT2D eigenvalue weighted by Crippen LogP contribution is -2.30. The fourth-order valence-electron chi connectivity index (χ4n) is 2.42. The predicted octanol–water partition coefficient (Wildman–Crippen LogP) is 1.74. The molecule has 114 valence electrons. The summed E-state index contributed by atoms with van der Waals surface area (Å²) in [6.45, 7) is 1.16. The average molecular weight is 291 g/mol. The largest absolute Gasteiger partial charge is 0.483 e. The average Bonchev–Trinajstić information content (AvgIpc) is 2.50. The molecule has 1 aliphatic rings. The summed E-state index contributed by atoms with van der Waals surface area (Å²) in [6, 6.07) is 5.44. The lowest BCUT2D eigenvalue weighted by molar-refractivity contribution is -0.123. The van der Waals surface area contributed by atoms with Gasteiger partial charge in [-0.25, -0.2) is 0 Å². The SMILES string of the molecule is COCCCNC(=O)COc1cccc2c1CCCC2=O. The third-order valence-electron chi connectivity index (χ3n) is 3.47. The smallest absolute Gasteiger partial charge is 0.257 e. The van der Waals surface area contributed by atoms with Gasteiger partial charge in [0, 0.05) is 37.8 Å². The molecule has 0 aromatic heterocycles. The second-order valence-corrected chi connectivity index (χ2v) is 5.04. The highest BCUT2D eigenvalue weighted by Gasteiger charge is 2.20. The molecule has 0 heterocycles. The molecule has 1 aromatic rings. The highest BCUT2D eigenvalue weighted by atomic mass is 16.5. The summed E-state index contributed by atoms with van der Waals surface area (Å²) in [5.41, 5.74) is 1.67. The number of methoxy groups -OCH3 is 1.